The van der Waals surface area contributed by atoms with Crippen molar-refractivity contribution >= 4 is 16.7 Å². The van der Waals surface area contributed by atoms with Crippen LogP contribution in [0.5, 0.6) is 0 Å². The van der Waals surface area contributed by atoms with Crippen molar-refractivity contribution in [1.82, 2.24) is 0 Å². The number of benzene rings is 2. The Bertz CT molecular complexity index is 468. The molecule has 0 atom stereocenters. The summed E-state index contributed by atoms with van der Waals surface area (Å²) in [7, 11) is 0. The summed E-state index contributed by atoms with van der Waals surface area (Å²) in [5, 5.41) is 2.09. The van der Waals surface area contributed by atoms with Crippen LogP contribution in [0, 0.1) is 0 Å². The zero-order valence-corrected chi connectivity index (χ0v) is 9.95. The first-order valence-electron chi connectivity index (χ1n) is 4.02. The Balaban J connectivity index is 0.000000980. The van der Waals surface area contributed by atoms with Crippen molar-refractivity contribution in [3.63, 3.8) is 0 Å². The van der Waals surface area contributed by atoms with Crippen LogP contribution in [0.25, 0.3) is 16.5 Å². The summed E-state index contributed by atoms with van der Waals surface area (Å²) in [5.74, 6) is -0.634. The van der Waals surface area contributed by atoms with Gasteiger partial charge in [-0.15, -0.1) is 0 Å². The minimum atomic E-state index is -0.634. The van der Waals surface area contributed by atoms with Crippen molar-refractivity contribution in [3.05, 3.63) is 53.8 Å². The number of carbonyl (C=O) groups is 1. The first kappa shape index (κ1) is 11.2. The average molecular weight is 193 g/mol. The Labute approximate surface area is 104 Å². The molecule has 0 bridgehead atoms. The maximum Gasteiger partial charge on any atom is 1.00 e. The van der Waals surface area contributed by atoms with Crippen molar-refractivity contribution in [3.8, 4) is 0 Å². The van der Waals surface area contributed by atoms with Crippen molar-refractivity contribution in [1.29, 1.82) is 0 Å². The summed E-state index contributed by atoms with van der Waals surface area (Å²) < 4.78 is 0. The van der Waals surface area contributed by atoms with Gasteiger partial charge in [-0.25, -0.2) is 0 Å². The second-order valence-electron chi connectivity index (χ2n) is 2.89. The van der Waals surface area contributed by atoms with Crippen LogP contribution in [0.1, 0.15) is 10.4 Å². The Morgan fingerprint density at radius 1 is 1.00 bits per heavy atom. The van der Waals surface area contributed by atoms with E-state index < -0.39 is 5.91 Å². The molecule has 0 heterocycles. The molecule has 0 aliphatic carbocycles. The topological polar surface area (TPSA) is 40.9 Å². The van der Waals surface area contributed by atoms with Gasteiger partial charge in [-0.3, -0.25) is 0 Å². The van der Waals surface area contributed by atoms with E-state index in [2.05, 4.69) is 0 Å². The summed E-state index contributed by atoms with van der Waals surface area (Å²) >= 11 is 0. The van der Waals surface area contributed by atoms with Gasteiger partial charge in [0.1, 0.15) is 0 Å². The summed E-state index contributed by atoms with van der Waals surface area (Å²) in [6.45, 7) is 0. The number of rotatable bonds is 1. The van der Waals surface area contributed by atoms with Gasteiger partial charge in [-0.2, -0.15) is 0 Å². The molecule has 0 unspecified atom stereocenters. The molecule has 14 heavy (non-hydrogen) atoms. The normalized spacial score (nSPS) is 9.43. The van der Waals surface area contributed by atoms with Crippen molar-refractivity contribution in [2.45, 2.75) is 0 Å². The second-order valence-corrected chi connectivity index (χ2v) is 2.89. The molecule has 2 aromatic rings. The maximum atomic E-state index is 10.8. The van der Waals surface area contributed by atoms with Crippen molar-refractivity contribution in [2.75, 3.05) is 0 Å². The molecule has 0 aliphatic rings. The average Bonchev–Trinajstić information content (AvgIpc) is 2.17. The molecule has 0 aromatic heterocycles. The van der Waals surface area contributed by atoms with Gasteiger partial charge in [-0.1, -0.05) is 36.4 Å². The van der Waals surface area contributed by atoms with Gasteiger partial charge >= 0.3 is 29.6 Å². The fourth-order valence-corrected chi connectivity index (χ4v) is 1.33. The SMILES string of the molecule is [NH-]C(=O)c1ccc2ccccc2c1.[Na+]. The van der Waals surface area contributed by atoms with Crippen LogP contribution in [-0.2, 0) is 0 Å². The number of hydrogen-bond donors (Lipinski definition) is 0. The van der Waals surface area contributed by atoms with Gasteiger partial charge in [0.05, 0.1) is 5.91 Å². The zero-order chi connectivity index (χ0) is 9.26. The molecule has 0 radical (unpaired) electrons. The van der Waals surface area contributed by atoms with E-state index in [1.807, 2.05) is 30.3 Å². The van der Waals surface area contributed by atoms with Gasteiger partial charge in [0.15, 0.2) is 0 Å². The van der Waals surface area contributed by atoms with Crippen LogP contribution < -0.4 is 29.6 Å². The minimum absolute atomic E-state index is 0. The molecule has 0 fully saturated rings. The summed E-state index contributed by atoms with van der Waals surface area (Å²) in [6, 6.07) is 13.1. The van der Waals surface area contributed by atoms with Crippen LogP contribution in [0.2, 0.25) is 0 Å². The summed E-state index contributed by atoms with van der Waals surface area (Å²) in [4.78, 5) is 10.8. The Kier molecular flexibility index (Phi) is 3.69. The number of hydrogen-bond acceptors (Lipinski definition) is 1. The van der Waals surface area contributed by atoms with Gasteiger partial charge in [0, 0.05) is 0 Å². The minimum Gasteiger partial charge on any atom is -0.664 e. The quantitative estimate of drug-likeness (QED) is 0.589. The van der Waals surface area contributed by atoms with E-state index in [0.29, 0.717) is 5.56 Å². The van der Waals surface area contributed by atoms with Crippen molar-refractivity contribution < 1.29 is 34.4 Å². The monoisotopic (exact) mass is 193 g/mol. The van der Waals surface area contributed by atoms with Crippen molar-refractivity contribution in [2.24, 2.45) is 0 Å². The molecule has 0 aliphatic heterocycles. The van der Waals surface area contributed by atoms with E-state index in [-0.39, 0.29) is 29.6 Å². The zero-order valence-electron chi connectivity index (χ0n) is 7.95. The maximum absolute atomic E-state index is 10.8. The van der Waals surface area contributed by atoms with Crippen LogP contribution in [0.4, 0.5) is 0 Å². The number of amides is 1. The number of nitrogens with one attached hydrogen (secondary N) is 1. The first-order chi connectivity index (χ1) is 6.27. The molecule has 0 saturated carbocycles. The fraction of sp³-hybridized carbons (Fsp3) is 0. The molecular formula is C11H8NNaO. The molecule has 2 rings (SSSR count). The first-order valence-corrected chi connectivity index (χ1v) is 4.02. The molecule has 0 saturated heterocycles. The standard InChI is InChI=1S/C11H9NO.Na/c12-11(13)10-6-5-8-3-1-2-4-9(8)7-10;/h1-7H,(H2,12,13);/q;+1/p-1. The van der Waals surface area contributed by atoms with Crippen LogP contribution in [0.15, 0.2) is 42.5 Å². The predicted octanol–water partition coefficient (Wildman–Crippen LogP) is 0.0362. The number of carbonyl (C=O) groups excluding carboxylic acids is 1. The van der Waals surface area contributed by atoms with Gasteiger partial charge in [-0.05, 0) is 22.4 Å². The Morgan fingerprint density at radius 2 is 1.64 bits per heavy atom. The molecule has 0 spiro atoms. The second kappa shape index (κ2) is 4.60. The summed E-state index contributed by atoms with van der Waals surface area (Å²) in [6.07, 6.45) is 0. The van der Waals surface area contributed by atoms with Crippen LogP contribution in [-0.4, -0.2) is 5.91 Å². The van der Waals surface area contributed by atoms with Gasteiger partial charge < -0.3 is 10.5 Å². The summed E-state index contributed by atoms with van der Waals surface area (Å²) in [5.41, 5.74) is 7.40. The van der Waals surface area contributed by atoms with Crippen LogP contribution in [0.3, 0.4) is 0 Å². The third-order valence-electron chi connectivity index (χ3n) is 2.01. The van der Waals surface area contributed by atoms with Gasteiger partial charge in [0.25, 0.3) is 0 Å². The molecule has 1 N–H and O–H groups in total. The molecular weight excluding hydrogens is 185 g/mol. The molecule has 2 nitrogen and oxygen atoms in total. The molecule has 64 valence electrons. The van der Waals surface area contributed by atoms with Crippen LogP contribution >= 0.6 is 0 Å². The largest absolute Gasteiger partial charge is 1.00 e. The van der Waals surface area contributed by atoms with E-state index in [1.165, 1.54) is 0 Å². The van der Waals surface area contributed by atoms with E-state index in [0.717, 1.165) is 10.8 Å². The number of fused-ring (bicyclic) bond motifs is 1. The third-order valence-corrected chi connectivity index (χ3v) is 2.01. The van der Waals surface area contributed by atoms with E-state index >= 15 is 0 Å². The van der Waals surface area contributed by atoms with E-state index in [9.17, 15) is 4.79 Å². The third kappa shape index (κ3) is 2.15. The Morgan fingerprint density at radius 3 is 2.29 bits per heavy atom. The van der Waals surface area contributed by atoms with E-state index in [1.54, 1.807) is 12.1 Å². The predicted molar refractivity (Wildman–Crippen MR) is 52.6 cm³/mol. The molecule has 2 aromatic carbocycles. The fourth-order valence-electron chi connectivity index (χ4n) is 1.33. The molecule has 3 heteroatoms. The van der Waals surface area contributed by atoms with Gasteiger partial charge in [0.2, 0.25) is 0 Å². The molecule has 1 amide bonds. The smallest absolute Gasteiger partial charge is 0.664 e. The Hall–Kier alpha value is -0.830. The van der Waals surface area contributed by atoms with E-state index in [4.69, 9.17) is 5.73 Å².